The van der Waals surface area contributed by atoms with Crippen molar-refractivity contribution < 1.29 is 9.13 Å². The Morgan fingerprint density at radius 1 is 1.21 bits per heavy atom. The molecule has 1 aliphatic rings. The van der Waals surface area contributed by atoms with Gasteiger partial charge in [-0.1, -0.05) is 11.6 Å². The van der Waals surface area contributed by atoms with Crippen molar-refractivity contribution in [3.8, 4) is 5.75 Å². The van der Waals surface area contributed by atoms with Crippen molar-refractivity contribution in [3.63, 3.8) is 0 Å². The monoisotopic (exact) mass is 349 g/mol. The van der Waals surface area contributed by atoms with Gasteiger partial charge >= 0.3 is 0 Å². The van der Waals surface area contributed by atoms with Crippen molar-refractivity contribution in [2.24, 2.45) is 0 Å². The topological polar surface area (TPSA) is 51.4 Å². The third-order valence-corrected chi connectivity index (χ3v) is 4.46. The summed E-state index contributed by atoms with van der Waals surface area (Å²) in [5.41, 5.74) is 5.64. The van der Waals surface area contributed by atoms with Crippen LogP contribution in [-0.2, 0) is 5.60 Å². The molecule has 0 spiro atoms. The Morgan fingerprint density at radius 3 is 2.58 bits per heavy atom. The highest BCUT2D eigenvalue weighted by atomic mass is 35.5. The van der Waals surface area contributed by atoms with Crippen LogP contribution in [0.5, 0.6) is 5.75 Å². The molecular weight excluding hydrogens is 329 g/mol. The molecule has 2 aromatic rings. The second-order valence-corrected chi connectivity index (χ2v) is 6.90. The fourth-order valence-electron chi connectivity index (χ4n) is 2.90. The second kappa shape index (κ2) is 6.48. The van der Waals surface area contributed by atoms with E-state index < -0.39 is 11.4 Å². The van der Waals surface area contributed by atoms with Gasteiger partial charge in [0, 0.05) is 24.8 Å². The smallest absolute Gasteiger partial charge is 0.167 e. The van der Waals surface area contributed by atoms with Crippen molar-refractivity contribution in [1.82, 2.24) is 4.98 Å². The zero-order chi connectivity index (χ0) is 17.3. The van der Waals surface area contributed by atoms with Crippen LogP contribution in [0.15, 0.2) is 30.3 Å². The highest BCUT2D eigenvalue weighted by molar-refractivity contribution is 6.31. The summed E-state index contributed by atoms with van der Waals surface area (Å²) in [7, 11) is 0. The lowest BCUT2D eigenvalue weighted by atomic mass is 10.0. The Bertz CT molecular complexity index is 745. The molecule has 3 rings (SSSR count). The van der Waals surface area contributed by atoms with Crippen LogP contribution in [0.25, 0.3) is 0 Å². The van der Waals surface area contributed by atoms with Gasteiger partial charge in [0.15, 0.2) is 11.6 Å². The summed E-state index contributed by atoms with van der Waals surface area (Å²) in [6.07, 6.45) is 2.33. The highest BCUT2D eigenvalue weighted by Crippen LogP contribution is 2.34. The lowest BCUT2D eigenvalue weighted by Crippen LogP contribution is -2.29. The number of ether oxygens (including phenoxy) is 1. The molecule has 1 saturated heterocycles. The van der Waals surface area contributed by atoms with Crippen LogP contribution >= 0.6 is 11.6 Å². The molecular formula is C18H21ClFN3O. The molecule has 2 N–H and O–H groups in total. The van der Waals surface area contributed by atoms with Crippen molar-refractivity contribution in [1.29, 1.82) is 0 Å². The molecule has 0 atom stereocenters. The first kappa shape index (κ1) is 16.8. The molecule has 0 unspecified atom stereocenters. The van der Waals surface area contributed by atoms with Crippen LogP contribution in [0.4, 0.5) is 15.9 Å². The number of rotatable bonds is 4. The van der Waals surface area contributed by atoms with E-state index in [4.69, 9.17) is 27.1 Å². The normalized spacial score (nSPS) is 14.9. The lowest BCUT2D eigenvalue weighted by Gasteiger charge is -2.28. The third kappa shape index (κ3) is 3.41. The van der Waals surface area contributed by atoms with Gasteiger partial charge in [0.1, 0.15) is 17.1 Å². The van der Waals surface area contributed by atoms with Gasteiger partial charge in [-0.05, 0) is 51.0 Å². The minimum atomic E-state index is -0.885. The van der Waals surface area contributed by atoms with Gasteiger partial charge in [-0.3, -0.25) is 0 Å². The van der Waals surface area contributed by atoms with Gasteiger partial charge in [-0.2, -0.15) is 0 Å². The first-order chi connectivity index (χ1) is 11.4. The van der Waals surface area contributed by atoms with Crippen LogP contribution < -0.4 is 15.4 Å². The maximum absolute atomic E-state index is 14.1. The predicted molar refractivity (Wildman–Crippen MR) is 95.2 cm³/mol. The standard InChI is InChI=1S/C18H21ClFN3O/c1-18(2,24-15-7-5-12(21)11-14(15)20)17-13(19)6-8-16(22-17)23-9-3-4-10-23/h5-8,11H,3-4,9-10,21H2,1-2H3. The van der Waals surface area contributed by atoms with Gasteiger partial charge < -0.3 is 15.4 Å². The average Bonchev–Trinajstić information content (AvgIpc) is 3.05. The molecule has 1 aliphatic heterocycles. The van der Waals surface area contributed by atoms with Gasteiger partial charge in [0.2, 0.25) is 0 Å². The predicted octanol–water partition coefficient (Wildman–Crippen LogP) is 4.37. The Labute approximate surface area is 146 Å². The number of aromatic nitrogens is 1. The molecule has 6 heteroatoms. The van der Waals surface area contributed by atoms with E-state index >= 15 is 0 Å². The molecule has 128 valence electrons. The molecule has 4 nitrogen and oxygen atoms in total. The number of nitrogens with zero attached hydrogens (tertiary/aromatic N) is 2. The number of nitrogen functional groups attached to an aromatic ring is 1. The Hall–Kier alpha value is -2.01. The number of hydrogen-bond donors (Lipinski definition) is 1. The first-order valence-electron chi connectivity index (χ1n) is 8.03. The van der Waals surface area contributed by atoms with E-state index in [0.29, 0.717) is 16.4 Å². The summed E-state index contributed by atoms with van der Waals surface area (Å²) in [6, 6.07) is 8.09. The van der Waals surface area contributed by atoms with Crippen LogP contribution in [0, 0.1) is 5.82 Å². The van der Waals surface area contributed by atoms with E-state index in [1.165, 1.54) is 12.1 Å². The SMILES string of the molecule is CC(C)(Oc1ccc(N)cc1F)c1nc(N2CCCC2)ccc1Cl. The van der Waals surface area contributed by atoms with E-state index in [9.17, 15) is 4.39 Å². The lowest BCUT2D eigenvalue weighted by molar-refractivity contribution is 0.0981. The van der Waals surface area contributed by atoms with Crippen LogP contribution in [0.1, 0.15) is 32.4 Å². The molecule has 1 aromatic heterocycles. The molecule has 1 fully saturated rings. The summed E-state index contributed by atoms with van der Waals surface area (Å²) in [4.78, 5) is 6.91. The molecule has 0 bridgehead atoms. The molecule has 0 aliphatic carbocycles. The third-order valence-electron chi connectivity index (χ3n) is 4.15. The zero-order valence-electron chi connectivity index (χ0n) is 13.9. The molecule has 24 heavy (non-hydrogen) atoms. The fourth-order valence-corrected chi connectivity index (χ4v) is 3.23. The molecule has 2 heterocycles. The Morgan fingerprint density at radius 2 is 1.92 bits per heavy atom. The number of anilines is 2. The summed E-state index contributed by atoms with van der Waals surface area (Å²) in [5, 5.41) is 0.499. The molecule has 0 amide bonds. The maximum atomic E-state index is 14.1. The highest BCUT2D eigenvalue weighted by Gasteiger charge is 2.29. The van der Waals surface area contributed by atoms with Gasteiger partial charge in [0.25, 0.3) is 0 Å². The number of pyridine rings is 1. The van der Waals surface area contributed by atoms with Crippen molar-refractivity contribution in [3.05, 3.63) is 46.9 Å². The number of halogens is 2. The Balaban J connectivity index is 1.91. The minimum absolute atomic E-state index is 0.124. The second-order valence-electron chi connectivity index (χ2n) is 6.50. The quantitative estimate of drug-likeness (QED) is 0.833. The van der Waals surface area contributed by atoms with E-state index in [0.717, 1.165) is 31.7 Å². The van der Waals surface area contributed by atoms with Crippen LogP contribution in [-0.4, -0.2) is 18.1 Å². The molecule has 0 radical (unpaired) electrons. The number of hydrogen-bond acceptors (Lipinski definition) is 4. The van der Waals surface area contributed by atoms with E-state index in [2.05, 4.69) is 4.90 Å². The average molecular weight is 350 g/mol. The van der Waals surface area contributed by atoms with E-state index in [1.807, 2.05) is 26.0 Å². The van der Waals surface area contributed by atoms with Gasteiger partial charge in [-0.15, -0.1) is 0 Å². The van der Waals surface area contributed by atoms with Crippen LogP contribution in [0.3, 0.4) is 0 Å². The summed E-state index contributed by atoms with van der Waals surface area (Å²) in [6.45, 7) is 5.62. The fraction of sp³-hybridized carbons (Fsp3) is 0.389. The molecule has 0 saturated carbocycles. The largest absolute Gasteiger partial charge is 0.478 e. The summed E-state index contributed by atoms with van der Waals surface area (Å²) >= 11 is 6.34. The zero-order valence-corrected chi connectivity index (χ0v) is 14.6. The molecule has 1 aromatic carbocycles. The van der Waals surface area contributed by atoms with Crippen molar-refractivity contribution in [2.45, 2.75) is 32.3 Å². The summed E-state index contributed by atoms with van der Waals surface area (Å²) < 4.78 is 19.9. The number of benzene rings is 1. The van der Waals surface area contributed by atoms with E-state index in [-0.39, 0.29) is 5.75 Å². The van der Waals surface area contributed by atoms with Gasteiger partial charge in [0.05, 0.1) is 5.02 Å². The maximum Gasteiger partial charge on any atom is 0.167 e. The van der Waals surface area contributed by atoms with Gasteiger partial charge in [-0.25, -0.2) is 9.37 Å². The van der Waals surface area contributed by atoms with E-state index in [1.54, 1.807) is 6.07 Å². The van der Waals surface area contributed by atoms with Crippen LogP contribution in [0.2, 0.25) is 5.02 Å². The first-order valence-corrected chi connectivity index (χ1v) is 8.40. The summed E-state index contributed by atoms with van der Waals surface area (Å²) in [5.74, 6) is 0.495. The minimum Gasteiger partial charge on any atom is -0.478 e. The van der Waals surface area contributed by atoms with Crippen molar-refractivity contribution in [2.75, 3.05) is 23.7 Å². The Kier molecular flexibility index (Phi) is 4.54. The van der Waals surface area contributed by atoms with Crippen molar-refractivity contribution >= 4 is 23.1 Å². The number of nitrogens with two attached hydrogens (primary N) is 1.